The van der Waals surface area contributed by atoms with Crippen LogP contribution in [-0.4, -0.2) is 43.1 Å². The van der Waals surface area contributed by atoms with Crippen molar-refractivity contribution in [2.75, 3.05) is 25.1 Å². The Kier molecular flexibility index (Phi) is 11.5. The zero-order valence-electron chi connectivity index (χ0n) is 21.5. The highest BCUT2D eigenvalue weighted by atomic mass is 32.1. The third kappa shape index (κ3) is 9.44. The first-order chi connectivity index (χ1) is 18.4. The van der Waals surface area contributed by atoms with Gasteiger partial charge in [-0.2, -0.15) is 0 Å². The molecular weight excluding hydrogens is 498 g/mol. The predicted molar refractivity (Wildman–Crippen MR) is 153 cm³/mol. The van der Waals surface area contributed by atoms with E-state index in [0.717, 1.165) is 18.4 Å². The van der Waals surface area contributed by atoms with Gasteiger partial charge in [0.15, 0.2) is 5.11 Å². The Morgan fingerprint density at radius 2 is 1.42 bits per heavy atom. The van der Waals surface area contributed by atoms with E-state index in [1.54, 1.807) is 36.2 Å². The second kappa shape index (κ2) is 15.3. The first kappa shape index (κ1) is 28.5. The fourth-order valence-electron chi connectivity index (χ4n) is 3.79. The molecule has 0 spiro atoms. The van der Waals surface area contributed by atoms with Crippen LogP contribution >= 0.6 is 12.2 Å². The van der Waals surface area contributed by atoms with Crippen LogP contribution in [-0.2, 0) is 27.2 Å². The lowest BCUT2D eigenvalue weighted by molar-refractivity contribution is -0.145. The molecule has 38 heavy (non-hydrogen) atoms. The van der Waals surface area contributed by atoms with Crippen molar-refractivity contribution in [3.63, 3.8) is 0 Å². The maximum absolute atomic E-state index is 12.9. The third-order valence-corrected chi connectivity index (χ3v) is 6.25. The number of carbonyl (C=O) groups is 3. The first-order valence-electron chi connectivity index (χ1n) is 12.6. The van der Waals surface area contributed by atoms with E-state index in [2.05, 4.69) is 10.6 Å². The van der Waals surface area contributed by atoms with Crippen molar-refractivity contribution in [3.8, 4) is 0 Å². The maximum Gasteiger partial charge on any atom is 0.306 e. The molecule has 3 rings (SSSR count). The van der Waals surface area contributed by atoms with Gasteiger partial charge in [0.25, 0.3) is 5.91 Å². The number of hydrogen-bond donors (Lipinski definition) is 2. The number of anilines is 1. The lowest BCUT2D eigenvalue weighted by atomic mass is 10.1. The molecule has 0 unspecified atom stereocenters. The number of carbonyl (C=O) groups excluding carboxylic acids is 3. The quantitative estimate of drug-likeness (QED) is 0.204. The summed E-state index contributed by atoms with van der Waals surface area (Å²) in [5.74, 6) is -1.05. The molecule has 0 saturated heterocycles. The van der Waals surface area contributed by atoms with Gasteiger partial charge in [-0.05, 0) is 54.7 Å². The van der Waals surface area contributed by atoms with Crippen molar-refractivity contribution in [3.05, 3.63) is 102 Å². The normalized spacial score (nSPS) is 10.3. The van der Waals surface area contributed by atoms with Crippen LogP contribution in [0.15, 0.2) is 84.9 Å². The van der Waals surface area contributed by atoms with E-state index in [0.29, 0.717) is 30.8 Å². The largest absolute Gasteiger partial charge is 0.466 e. The Morgan fingerprint density at radius 3 is 2.11 bits per heavy atom. The summed E-state index contributed by atoms with van der Waals surface area (Å²) in [6.45, 7) is 0.797. The number of aryl methyl sites for hydroxylation is 1. The average Bonchev–Trinajstić information content (AvgIpc) is 2.95. The van der Waals surface area contributed by atoms with Gasteiger partial charge in [0, 0.05) is 20.0 Å². The molecular formula is C30H33N3O4S. The van der Waals surface area contributed by atoms with Crippen molar-refractivity contribution in [1.82, 2.24) is 10.6 Å². The molecule has 0 heterocycles. The SMILES string of the molecule is CN(C(=S)NC(=O)CCC(=O)OCCCc1ccccc1)c1ccccc1C(=O)NCCc1ccccc1. The second-order valence-corrected chi connectivity index (χ2v) is 9.12. The van der Waals surface area contributed by atoms with E-state index in [9.17, 15) is 14.4 Å². The van der Waals surface area contributed by atoms with E-state index in [1.807, 2.05) is 60.7 Å². The molecule has 7 nitrogen and oxygen atoms in total. The summed E-state index contributed by atoms with van der Waals surface area (Å²) in [4.78, 5) is 38.8. The van der Waals surface area contributed by atoms with Crippen LogP contribution in [0.3, 0.4) is 0 Å². The molecule has 0 aromatic heterocycles. The fraction of sp³-hybridized carbons (Fsp3) is 0.267. The molecule has 0 aliphatic heterocycles. The molecule has 0 radical (unpaired) electrons. The van der Waals surface area contributed by atoms with Crippen molar-refractivity contribution in [2.45, 2.75) is 32.1 Å². The van der Waals surface area contributed by atoms with Crippen LogP contribution in [0.4, 0.5) is 5.69 Å². The summed E-state index contributed by atoms with van der Waals surface area (Å²) in [6, 6.07) is 26.9. The van der Waals surface area contributed by atoms with E-state index in [4.69, 9.17) is 17.0 Å². The van der Waals surface area contributed by atoms with Gasteiger partial charge in [-0.15, -0.1) is 0 Å². The van der Waals surface area contributed by atoms with Gasteiger partial charge < -0.3 is 20.3 Å². The number of nitrogens with one attached hydrogen (secondary N) is 2. The topological polar surface area (TPSA) is 87.7 Å². The summed E-state index contributed by atoms with van der Waals surface area (Å²) in [5, 5.41) is 5.70. The molecule has 3 aromatic carbocycles. The summed E-state index contributed by atoms with van der Waals surface area (Å²) in [6.07, 6.45) is 2.17. The van der Waals surface area contributed by atoms with Gasteiger partial charge in [0.1, 0.15) is 0 Å². The van der Waals surface area contributed by atoms with Crippen molar-refractivity contribution >= 4 is 40.8 Å². The van der Waals surface area contributed by atoms with Crippen LogP contribution in [0.2, 0.25) is 0 Å². The number of para-hydroxylation sites is 1. The lowest BCUT2D eigenvalue weighted by Crippen LogP contribution is -2.41. The smallest absolute Gasteiger partial charge is 0.306 e. The Balaban J connectivity index is 1.41. The number of ether oxygens (including phenoxy) is 1. The highest BCUT2D eigenvalue weighted by Crippen LogP contribution is 2.19. The highest BCUT2D eigenvalue weighted by Gasteiger charge is 2.18. The van der Waals surface area contributed by atoms with Crippen molar-refractivity contribution in [2.24, 2.45) is 0 Å². The second-order valence-electron chi connectivity index (χ2n) is 8.73. The minimum absolute atomic E-state index is 0.0378. The Hall–Kier alpha value is -4.04. The van der Waals surface area contributed by atoms with Crippen LogP contribution in [0.1, 0.15) is 40.7 Å². The Labute approximate surface area is 229 Å². The monoisotopic (exact) mass is 531 g/mol. The predicted octanol–water partition coefficient (Wildman–Crippen LogP) is 4.45. The summed E-state index contributed by atoms with van der Waals surface area (Å²) >= 11 is 5.39. The van der Waals surface area contributed by atoms with E-state index < -0.39 is 11.9 Å². The van der Waals surface area contributed by atoms with Gasteiger partial charge in [-0.1, -0.05) is 72.8 Å². The van der Waals surface area contributed by atoms with Crippen LogP contribution in [0.5, 0.6) is 0 Å². The van der Waals surface area contributed by atoms with E-state index >= 15 is 0 Å². The number of benzene rings is 3. The van der Waals surface area contributed by atoms with Gasteiger partial charge in [-0.3, -0.25) is 14.4 Å². The third-order valence-electron chi connectivity index (χ3n) is 5.87. The highest BCUT2D eigenvalue weighted by molar-refractivity contribution is 7.80. The van der Waals surface area contributed by atoms with E-state index in [-0.39, 0.29) is 23.9 Å². The average molecular weight is 532 g/mol. The lowest BCUT2D eigenvalue weighted by Gasteiger charge is -2.23. The van der Waals surface area contributed by atoms with Crippen LogP contribution in [0, 0.1) is 0 Å². The number of thiocarbonyl (C=S) groups is 1. The van der Waals surface area contributed by atoms with Gasteiger partial charge in [-0.25, -0.2) is 0 Å². The molecule has 8 heteroatoms. The molecule has 2 amide bonds. The zero-order valence-corrected chi connectivity index (χ0v) is 22.3. The summed E-state index contributed by atoms with van der Waals surface area (Å²) < 4.78 is 5.23. The molecule has 0 fully saturated rings. The molecule has 0 bridgehead atoms. The van der Waals surface area contributed by atoms with Crippen LogP contribution < -0.4 is 15.5 Å². The molecule has 3 aromatic rings. The standard InChI is InChI=1S/C30H33N3O4S/c1-33(26-17-9-8-16-25(26)29(36)31-21-20-24-13-6-3-7-14-24)30(38)32-27(34)18-19-28(35)37-22-10-15-23-11-4-2-5-12-23/h2-9,11-14,16-17H,10,15,18-22H2,1H3,(H,31,36)(H,32,34,38). The van der Waals surface area contributed by atoms with Gasteiger partial charge in [0.05, 0.1) is 24.3 Å². The number of amides is 2. The van der Waals surface area contributed by atoms with Gasteiger partial charge >= 0.3 is 5.97 Å². The molecule has 0 aliphatic carbocycles. The summed E-state index contributed by atoms with van der Waals surface area (Å²) in [5.41, 5.74) is 3.33. The zero-order chi connectivity index (χ0) is 27.2. The molecule has 0 atom stereocenters. The first-order valence-corrected chi connectivity index (χ1v) is 13.0. The Bertz CT molecular complexity index is 1220. The van der Waals surface area contributed by atoms with Crippen LogP contribution in [0.25, 0.3) is 0 Å². The number of rotatable bonds is 12. The fourth-order valence-corrected chi connectivity index (χ4v) is 4.00. The number of esters is 1. The minimum atomic E-state index is -0.426. The van der Waals surface area contributed by atoms with Crippen molar-refractivity contribution in [1.29, 1.82) is 0 Å². The summed E-state index contributed by atoms with van der Waals surface area (Å²) in [7, 11) is 1.68. The number of hydrogen-bond acceptors (Lipinski definition) is 5. The Morgan fingerprint density at radius 1 is 0.816 bits per heavy atom. The minimum Gasteiger partial charge on any atom is -0.466 e. The maximum atomic E-state index is 12.9. The van der Waals surface area contributed by atoms with E-state index in [1.165, 1.54) is 5.56 Å². The van der Waals surface area contributed by atoms with Gasteiger partial charge in [0.2, 0.25) is 5.91 Å². The molecule has 2 N–H and O–H groups in total. The number of nitrogens with zero attached hydrogens (tertiary/aromatic N) is 1. The molecule has 198 valence electrons. The van der Waals surface area contributed by atoms with Crippen molar-refractivity contribution < 1.29 is 19.1 Å². The molecule has 0 saturated carbocycles. The molecule has 0 aliphatic rings.